The van der Waals surface area contributed by atoms with Gasteiger partial charge in [0.15, 0.2) is 11.5 Å². The minimum Gasteiger partial charge on any atom is -0.493 e. The van der Waals surface area contributed by atoms with Crippen LogP contribution in [0.5, 0.6) is 11.5 Å². The van der Waals surface area contributed by atoms with Crippen LogP contribution in [-0.2, 0) is 13.2 Å². The van der Waals surface area contributed by atoms with Crippen LogP contribution in [0.15, 0.2) is 36.4 Å². The summed E-state index contributed by atoms with van der Waals surface area (Å²) in [6.07, 6.45) is 0. The third kappa shape index (κ3) is 3.27. The summed E-state index contributed by atoms with van der Waals surface area (Å²) in [5, 5.41) is 0. The molecule has 0 aliphatic carbocycles. The molecule has 0 fully saturated rings. The standard InChI is InChI=1S/C16H18FNO2/c1-11-3-5-14(17)8-13(11)10-20-15-6-4-12(9-18)7-16(15)19-2/h3-8H,9-10,18H2,1-2H3. The summed E-state index contributed by atoms with van der Waals surface area (Å²) in [5.41, 5.74) is 8.36. The highest BCUT2D eigenvalue weighted by Gasteiger charge is 2.07. The molecule has 3 nitrogen and oxygen atoms in total. The fourth-order valence-corrected chi connectivity index (χ4v) is 1.91. The summed E-state index contributed by atoms with van der Waals surface area (Å²) in [6.45, 7) is 2.66. The van der Waals surface area contributed by atoms with Crippen LogP contribution < -0.4 is 15.2 Å². The molecule has 2 rings (SSSR count). The average Bonchev–Trinajstić information content (AvgIpc) is 2.48. The molecule has 2 aromatic carbocycles. The zero-order valence-electron chi connectivity index (χ0n) is 11.7. The van der Waals surface area contributed by atoms with Crippen LogP contribution in [0.4, 0.5) is 4.39 Å². The molecule has 0 heterocycles. The number of rotatable bonds is 5. The number of aryl methyl sites for hydroxylation is 1. The van der Waals surface area contributed by atoms with Crippen molar-refractivity contribution in [1.29, 1.82) is 0 Å². The lowest BCUT2D eigenvalue weighted by atomic mass is 10.1. The zero-order chi connectivity index (χ0) is 14.5. The van der Waals surface area contributed by atoms with Crippen molar-refractivity contribution in [3.8, 4) is 11.5 Å². The van der Waals surface area contributed by atoms with Crippen molar-refractivity contribution >= 4 is 0 Å². The quantitative estimate of drug-likeness (QED) is 0.911. The van der Waals surface area contributed by atoms with Crippen molar-refractivity contribution < 1.29 is 13.9 Å². The molecule has 0 aromatic heterocycles. The van der Waals surface area contributed by atoms with E-state index in [9.17, 15) is 4.39 Å². The van der Waals surface area contributed by atoms with E-state index in [4.69, 9.17) is 15.2 Å². The fourth-order valence-electron chi connectivity index (χ4n) is 1.91. The highest BCUT2D eigenvalue weighted by molar-refractivity contribution is 5.43. The maximum Gasteiger partial charge on any atom is 0.161 e. The molecular weight excluding hydrogens is 257 g/mol. The molecule has 0 saturated heterocycles. The van der Waals surface area contributed by atoms with Gasteiger partial charge in [0.2, 0.25) is 0 Å². The predicted octanol–water partition coefficient (Wildman–Crippen LogP) is 3.18. The summed E-state index contributed by atoms with van der Waals surface area (Å²) in [7, 11) is 1.58. The van der Waals surface area contributed by atoms with Crippen LogP contribution in [0, 0.1) is 12.7 Å². The van der Waals surface area contributed by atoms with E-state index in [0.29, 0.717) is 24.7 Å². The van der Waals surface area contributed by atoms with E-state index in [0.717, 1.165) is 16.7 Å². The van der Waals surface area contributed by atoms with Gasteiger partial charge in [-0.15, -0.1) is 0 Å². The summed E-state index contributed by atoms with van der Waals surface area (Å²) in [6, 6.07) is 10.2. The molecule has 106 valence electrons. The van der Waals surface area contributed by atoms with Gasteiger partial charge < -0.3 is 15.2 Å². The molecule has 0 saturated carbocycles. The lowest BCUT2D eigenvalue weighted by Crippen LogP contribution is -2.02. The normalized spacial score (nSPS) is 10.4. The van der Waals surface area contributed by atoms with Crippen LogP contribution in [0.2, 0.25) is 0 Å². The molecule has 0 amide bonds. The first-order valence-corrected chi connectivity index (χ1v) is 6.39. The summed E-state index contributed by atoms with van der Waals surface area (Å²) in [5.74, 6) is 0.981. The number of nitrogens with two attached hydrogens (primary N) is 1. The lowest BCUT2D eigenvalue weighted by molar-refractivity contribution is 0.283. The number of hydrogen-bond donors (Lipinski definition) is 1. The van der Waals surface area contributed by atoms with Gasteiger partial charge in [0.1, 0.15) is 12.4 Å². The number of benzene rings is 2. The molecule has 0 radical (unpaired) electrons. The van der Waals surface area contributed by atoms with Crippen LogP contribution in [0.1, 0.15) is 16.7 Å². The first-order valence-electron chi connectivity index (χ1n) is 6.39. The van der Waals surface area contributed by atoms with Gasteiger partial charge in [-0.1, -0.05) is 12.1 Å². The second kappa shape index (κ2) is 6.39. The summed E-state index contributed by atoms with van der Waals surface area (Å²) in [4.78, 5) is 0. The van der Waals surface area contributed by atoms with Crippen molar-refractivity contribution in [2.75, 3.05) is 7.11 Å². The fraction of sp³-hybridized carbons (Fsp3) is 0.250. The lowest BCUT2D eigenvalue weighted by Gasteiger charge is -2.13. The van der Waals surface area contributed by atoms with E-state index in [2.05, 4.69) is 0 Å². The van der Waals surface area contributed by atoms with E-state index in [1.165, 1.54) is 12.1 Å². The van der Waals surface area contributed by atoms with Crippen molar-refractivity contribution in [2.24, 2.45) is 5.73 Å². The molecule has 20 heavy (non-hydrogen) atoms. The van der Waals surface area contributed by atoms with Crippen molar-refractivity contribution in [2.45, 2.75) is 20.1 Å². The summed E-state index contributed by atoms with van der Waals surface area (Å²) >= 11 is 0. The Morgan fingerprint density at radius 1 is 1.10 bits per heavy atom. The van der Waals surface area contributed by atoms with E-state index < -0.39 is 0 Å². The Balaban J connectivity index is 2.16. The maximum atomic E-state index is 13.2. The highest BCUT2D eigenvalue weighted by atomic mass is 19.1. The van der Waals surface area contributed by atoms with Gasteiger partial charge in [-0.3, -0.25) is 0 Å². The number of methoxy groups -OCH3 is 1. The monoisotopic (exact) mass is 275 g/mol. The smallest absolute Gasteiger partial charge is 0.161 e. The molecular formula is C16H18FNO2. The SMILES string of the molecule is COc1cc(CN)ccc1OCc1cc(F)ccc1C. The second-order valence-electron chi connectivity index (χ2n) is 4.55. The largest absolute Gasteiger partial charge is 0.493 e. The van der Waals surface area contributed by atoms with E-state index in [-0.39, 0.29) is 5.82 Å². The Kier molecular flexibility index (Phi) is 4.58. The first kappa shape index (κ1) is 14.3. The van der Waals surface area contributed by atoms with Crippen molar-refractivity contribution in [1.82, 2.24) is 0 Å². The molecule has 0 bridgehead atoms. The van der Waals surface area contributed by atoms with Gasteiger partial charge in [-0.05, 0) is 47.9 Å². The van der Waals surface area contributed by atoms with Crippen LogP contribution >= 0.6 is 0 Å². The topological polar surface area (TPSA) is 44.5 Å². The Bertz CT molecular complexity index is 599. The zero-order valence-corrected chi connectivity index (χ0v) is 11.7. The molecule has 0 aliphatic rings. The minimum atomic E-state index is -0.264. The number of hydrogen-bond acceptors (Lipinski definition) is 3. The molecule has 0 unspecified atom stereocenters. The average molecular weight is 275 g/mol. The Hall–Kier alpha value is -2.07. The van der Waals surface area contributed by atoms with Crippen LogP contribution in [0.3, 0.4) is 0 Å². The van der Waals surface area contributed by atoms with Crippen LogP contribution in [0.25, 0.3) is 0 Å². The molecule has 0 atom stereocenters. The second-order valence-corrected chi connectivity index (χ2v) is 4.55. The van der Waals surface area contributed by atoms with Gasteiger partial charge in [0, 0.05) is 6.54 Å². The molecule has 0 aliphatic heterocycles. The molecule has 2 aromatic rings. The van der Waals surface area contributed by atoms with Gasteiger partial charge in [0.05, 0.1) is 7.11 Å². The predicted molar refractivity (Wildman–Crippen MR) is 76.4 cm³/mol. The third-order valence-corrected chi connectivity index (χ3v) is 3.16. The molecule has 0 spiro atoms. The van der Waals surface area contributed by atoms with E-state index in [1.54, 1.807) is 13.2 Å². The molecule has 2 N–H and O–H groups in total. The Labute approximate surface area is 118 Å². The Morgan fingerprint density at radius 3 is 2.60 bits per heavy atom. The van der Waals surface area contributed by atoms with Crippen molar-refractivity contribution in [3.63, 3.8) is 0 Å². The summed E-state index contributed by atoms with van der Waals surface area (Å²) < 4.78 is 24.2. The molecule has 4 heteroatoms. The van der Waals surface area contributed by atoms with E-state index >= 15 is 0 Å². The Morgan fingerprint density at radius 2 is 1.90 bits per heavy atom. The van der Waals surface area contributed by atoms with E-state index in [1.807, 2.05) is 25.1 Å². The number of ether oxygens (including phenoxy) is 2. The van der Waals surface area contributed by atoms with Gasteiger partial charge >= 0.3 is 0 Å². The number of halogens is 1. The van der Waals surface area contributed by atoms with Crippen molar-refractivity contribution in [3.05, 3.63) is 58.9 Å². The highest BCUT2D eigenvalue weighted by Crippen LogP contribution is 2.29. The first-order chi connectivity index (χ1) is 9.63. The maximum absolute atomic E-state index is 13.2. The van der Waals surface area contributed by atoms with Gasteiger partial charge in [-0.2, -0.15) is 0 Å². The van der Waals surface area contributed by atoms with Gasteiger partial charge in [-0.25, -0.2) is 4.39 Å². The van der Waals surface area contributed by atoms with Crippen LogP contribution in [-0.4, -0.2) is 7.11 Å². The third-order valence-electron chi connectivity index (χ3n) is 3.16. The minimum absolute atomic E-state index is 0.264. The van der Waals surface area contributed by atoms with Gasteiger partial charge in [0.25, 0.3) is 0 Å².